The van der Waals surface area contributed by atoms with Gasteiger partial charge < -0.3 is 9.57 Å². The highest BCUT2D eigenvalue weighted by Gasteiger charge is 2.14. The van der Waals surface area contributed by atoms with Crippen LogP contribution in [0, 0.1) is 0 Å². The zero-order chi connectivity index (χ0) is 9.56. The lowest BCUT2D eigenvalue weighted by Gasteiger charge is -2.17. The molecule has 0 saturated heterocycles. The van der Waals surface area contributed by atoms with Gasteiger partial charge in [0.25, 0.3) is 0 Å². The van der Waals surface area contributed by atoms with E-state index in [4.69, 9.17) is 0 Å². The third kappa shape index (κ3) is 3.80. The van der Waals surface area contributed by atoms with E-state index in [0.29, 0.717) is 0 Å². The summed E-state index contributed by atoms with van der Waals surface area (Å²) in [5.41, 5.74) is 0. The number of hydrogen-bond donors (Lipinski definition) is 0. The van der Waals surface area contributed by atoms with Gasteiger partial charge in [0.15, 0.2) is 0 Å². The largest absolute Gasteiger partial charge is 0.448 e. The van der Waals surface area contributed by atoms with Gasteiger partial charge in [-0.2, -0.15) is 0 Å². The summed E-state index contributed by atoms with van der Waals surface area (Å²) in [6.45, 7) is 5.12. The number of carbonyl (C=O) groups excluding carboxylic acids is 2. The first-order valence-electron chi connectivity index (χ1n) is 3.74. The molecule has 5 heteroatoms. The van der Waals surface area contributed by atoms with Gasteiger partial charge in [-0.15, -0.1) is 5.06 Å². The van der Waals surface area contributed by atoms with Gasteiger partial charge in [0, 0.05) is 6.92 Å². The van der Waals surface area contributed by atoms with Crippen molar-refractivity contribution in [3.8, 4) is 0 Å². The van der Waals surface area contributed by atoms with Crippen LogP contribution in [0.5, 0.6) is 0 Å². The zero-order valence-corrected chi connectivity index (χ0v) is 7.49. The summed E-state index contributed by atoms with van der Waals surface area (Å²) in [6.07, 6.45) is -0.643. The first kappa shape index (κ1) is 10.7. The Balaban J connectivity index is 3.96. The van der Waals surface area contributed by atoms with E-state index in [-0.39, 0.29) is 13.2 Å². The quantitative estimate of drug-likeness (QED) is 0.586. The second-order valence-electron chi connectivity index (χ2n) is 1.98. The van der Waals surface area contributed by atoms with Gasteiger partial charge in [-0.1, -0.05) is 0 Å². The molecule has 0 aromatic rings. The minimum atomic E-state index is -0.643. The summed E-state index contributed by atoms with van der Waals surface area (Å²) in [7, 11) is 0. The number of hydrogen-bond acceptors (Lipinski definition) is 4. The lowest BCUT2D eigenvalue weighted by molar-refractivity contribution is -0.178. The Morgan fingerprint density at radius 2 is 1.92 bits per heavy atom. The molecule has 70 valence electrons. The zero-order valence-electron chi connectivity index (χ0n) is 7.49. The molecule has 0 atom stereocenters. The molecule has 0 unspecified atom stereocenters. The van der Waals surface area contributed by atoms with Crippen molar-refractivity contribution >= 4 is 12.1 Å². The number of carbonyl (C=O) groups is 2. The van der Waals surface area contributed by atoms with Crippen molar-refractivity contribution in [2.45, 2.75) is 20.8 Å². The van der Waals surface area contributed by atoms with Gasteiger partial charge in [0.2, 0.25) is 0 Å². The van der Waals surface area contributed by atoms with Crippen LogP contribution in [0.25, 0.3) is 0 Å². The number of amides is 1. The van der Waals surface area contributed by atoms with E-state index in [0.717, 1.165) is 5.06 Å². The Hall–Kier alpha value is -1.26. The van der Waals surface area contributed by atoms with Crippen molar-refractivity contribution in [2.75, 3.05) is 13.2 Å². The van der Waals surface area contributed by atoms with Crippen molar-refractivity contribution in [1.29, 1.82) is 0 Å². The normalized spacial score (nSPS) is 8.92. The van der Waals surface area contributed by atoms with Gasteiger partial charge in [0.05, 0.1) is 13.2 Å². The smallest absolute Gasteiger partial charge is 0.443 e. The van der Waals surface area contributed by atoms with Crippen LogP contribution in [0.15, 0.2) is 0 Å². The van der Waals surface area contributed by atoms with E-state index in [1.54, 1.807) is 13.8 Å². The highest BCUT2D eigenvalue weighted by atomic mass is 16.7. The molecule has 0 fully saturated rings. The number of rotatable bonds is 2. The molecule has 0 rings (SSSR count). The summed E-state index contributed by atoms with van der Waals surface area (Å²) in [4.78, 5) is 25.9. The van der Waals surface area contributed by atoms with Crippen LogP contribution in [-0.2, 0) is 14.4 Å². The predicted molar refractivity (Wildman–Crippen MR) is 41.2 cm³/mol. The molecule has 1 amide bonds. The summed E-state index contributed by atoms with van der Waals surface area (Å²) < 4.78 is 4.61. The molecule has 0 bridgehead atoms. The SMILES string of the molecule is CCOC(=O)N(CC)OC(C)=O. The molecule has 5 nitrogen and oxygen atoms in total. The first-order chi connectivity index (χ1) is 5.61. The summed E-state index contributed by atoms with van der Waals surface area (Å²) >= 11 is 0. The molecule has 0 radical (unpaired) electrons. The van der Waals surface area contributed by atoms with Crippen LogP contribution in [0.4, 0.5) is 4.79 Å². The molecule has 0 spiro atoms. The standard InChI is InChI=1S/C7H13NO4/c1-4-8(12-6(3)9)7(10)11-5-2/h4-5H2,1-3H3. The third-order valence-electron chi connectivity index (χ3n) is 0.997. The first-order valence-corrected chi connectivity index (χ1v) is 3.74. The molecule has 0 heterocycles. The Kier molecular flexibility index (Phi) is 4.83. The van der Waals surface area contributed by atoms with Crippen LogP contribution in [0.1, 0.15) is 20.8 Å². The van der Waals surface area contributed by atoms with Gasteiger partial charge in [-0.3, -0.25) is 4.79 Å². The Morgan fingerprint density at radius 1 is 1.33 bits per heavy atom. The Bertz CT molecular complexity index is 169. The molecular formula is C7H13NO4. The van der Waals surface area contributed by atoms with Crippen LogP contribution in [0.2, 0.25) is 0 Å². The Morgan fingerprint density at radius 3 is 2.25 bits per heavy atom. The van der Waals surface area contributed by atoms with E-state index < -0.39 is 12.1 Å². The summed E-state index contributed by atoms with van der Waals surface area (Å²) in [5.74, 6) is -0.537. The fraction of sp³-hybridized carbons (Fsp3) is 0.714. The molecule has 0 N–H and O–H groups in total. The van der Waals surface area contributed by atoms with Crippen LogP contribution < -0.4 is 0 Å². The molecular weight excluding hydrogens is 162 g/mol. The molecule has 0 saturated carbocycles. The second kappa shape index (κ2) is 5.40. The van der Waals surface area contributed by atoms with Crippen molar-refractivity contribution < 1.29 is 19.2 Å². The number of ether oxygens (including phenoxy) is 1. The van der Waals surface area contributed by atoms with E-state index in [2.05, 4.69) is 9.57 Å². The molecule has 0 aliphatic heterocycles. The van der Waals surface area contributed by atoms with E-state index >= 15 is 0 Å². The predicted octanol–water partition coefficient (Wildman–Crippen LogP) is 0.943. The maximum atomic E-state index is 10.9. The van der Waals surface area contributed by atoms with Gasteiger partial charge in [0.1, 0.15) is 0 Å². The fourth-order valence-corrected chi connectivity index (χ4v) is 0.582. The average molecular weight is 175 g/mol. The van der Waals surface area contributed by atoms with Gasteiger partial charge in [-0.05, 0) is 13.8 Å². The van der Waals surface area contributed by atoms with Crippen molar-refractivity contribution in [2.24, 2.45) is 0 Å². The maximum Gasteiger partial charge on any atom is 0.443 e. The van der Waals surface area contributed by atoms with E-state index in [9.17, 15) is 9.59 Å². The maximum absolute atomic E-state index is 10.9. The average Bonchev–Trinajstić information content (AvgIpc) is 2.00. The fourth-order valence-electron chi connectivity index (χ4n) is 0.582. The monoisotopic (exact) mass is 175 g/mol. The highest BCUT2D eigenvalue weighted by molar-refractivity contribution is 5.71. The van der Waals surface area contributed by atoms with Crippen LogP contribution in [-0.4, -0.2) is 30.3 Å². The lowest BCUT2D eigenvalue weighted by atomic mass is 10.7. The minimum absolute atomic E-state index is 0.261. The van der Waals surface area contributed by atoms with Crippen molar-refractivity contribution in [3.05, 3.63) is 0 Å². The van der Waals surface area contributed by atoms with Crippen LogP contribution >= 0.6 is 0 Å². The second-order valence-corrected chi connectivity index (χ2v) is 1.98. The molecule has 12 heavy (non-hydrogen) atoms. The topological polar surface area (TPSA) is 55.8 Å². The molecule has 0 aromatic heterocycles. The van der Waals surface area contributed by atoms with E-state index in [1.165, 1.54) is 6.92 Å². The van der Waals surface area contributed by atoms with Crippen LogP contribution in [0.3, 0.4) is 0 Å². The van der Waals surface area contributed by atoms with E-state index in [1.807, 2.05) is 0 Å². The number of hydroxylamine groups is 2. The minimum Gasteiger partial charge on any atom is -0.448 e. The Labute approximate surface area is 71.2 Å². The highest BCUT2D eigenvalue weighted by Crippen LogP contribution is 1.95. The lowest BCUT2D eigenvalue weighted by Crippen LogP contribution is -2.33. The number of nitrogens with zero attached hydrogens (tertiary/aromatic N) is 1. The summed E-state index contributed by atoms with van der Waals surface area (Å²) in [5, 5.41) is 0.867. The van der Waals surface area contributed by atoms with Gasteiger partial charge >= 0.3 is 12.1 Å². The van der Waals surface area contributed by atoms with Gasteiger partial charge in [-0.25, -0.2) is 4.79 Å². The molecule has 0 aliphatic carbocycles. The third-order valence-corrected chi connectivity index (χ3v) is 0.997. The summed E-state index contributed by atoms with van der Waals surface area (Å²) in [6, 6.07) is 0. The van der Waals surface area contributed by atoms with Crippen molar-refractivity contribution in [1.82, 2.24) is 5.06 Å². The molecule has 0 aromatic carbocycles. The van der Waals surface area contributed by atoms with Crippen molar-refractivity contribution in [3.63, 3.8) is 0 Å². The molecule has 0 aliphatic rings.